The van der Waals surface area contributed by atoms with Crippen molar-refractivity contribution in [3.05, 3.63) is 52.6 Å². The van der Waals surface area contributed by atoms with Gasteiger partial charge in [-0.25, -0.2) is 0 Å². The van der Waals surface area contributed by atoms with Crippen LogP contribution in [0.3, 0.4) is 0 Å². The van der Waals surface area contributed by atoms with Crippen LogP contribution in [0.15, 0.2) is 30.3 Å². The first-order valence-corrected chi connectivity index (χ1v) is 9.99. The molecule has 0 amide bonds. The number of phenolic OH excluding ortho intramolecular Hbond substituents is 1. The van der Waals surface area contributed by atoms with Gasteiger partial charge in [0.2, 0.25) is 0 Å². The number of ether oxygens (including phenoxy) is 2. The third kappa shape index (κ3) is 6.14. The van der Waals surface area contributed by atoms with E-state index in [0.29, 0.717) is 31.8 Å². The summed E-state index contributed by atoms with van der Waals surface area (Å²) in [5.74, 6) is 1.14. The molecule has 158 valence electrons. The number of aromatic hydroxyl groups is 1. The zero-order valence-electron chi connectivity index (χ0n) is 18.0. The Morgan fingerprint density at radius 2 is 1.66 bits per heavy atom. The van der Waals surface area contributed by atoms with E-state index in [1.54, 1.807) is 13.8 Å². The molecule has 0 saturated carbocycles. The van der Waals surface area contributed by atoms with Crippen molar-refractivity contribution in [3.8, 4) is 17.2 Å². The Balaban J connectivity index is 1.79. The van der Waals surface area contributed by atoms with Gasteiger partial charge in [-0.05, 0) is 87.9 Å². The van der Waals surface area contributed by atoms with E-state index in [9.17, 15) is 9.90 Å². The number of phenols is 1. The van der Waals surface area contributed by atoms with Crippen LogP contribution in [0.2, 0.25) is 0 Å². The third-order valence-electron chi connectivity index (χ3n) is 5.37. The van der Waals surface area contributed by atoms with Crippen LogP contribution in [-0.2, 0) is 11.2 Å². The topological polar surface area (TPSA) is 76.0 Å². The van der Waals surface area contributed by atoms with Gasteiger partial charge in [-0.1, -0.05) is 12.1 Å². The first-order chi connectivity index (χ1) is 13.6. The van der Waals surface area contributed by atoms with Gasteiger partial charge in [0.05, 0.1) is 18.6 Å². The predicted molar refractivity (Wildman–Crippen MR) is 114 cm³/mol. The maximum atomic E-state index is 11.1. The lowest BCUT2D eigenvalue weighted by Crippen LogP contribution is -2.24. The number of aliphatic carboxylic acids is 1. The summed E-state index contributed by atoms with van der Waals surface area (Å²) < 4.78 is 11.6. The molecule has 5 nitrogen and oxygen atoms in total. The summed E-state index contributed by atoms with van der Waals surface area (Å²) in [6.45, 7) is 10.2. The Bertz CT molecular complexity index is 837. The minimum atomic E-state index is -0.781. The number of carboxylic acid groups (broad SMARTS) is 1. The maximum Gasteiger partial charge on any atom is 0.309 e. The molecule has 0 atom stereocenters. The Morgan fingerprint density at radius 3 is 2.28 bits per heavy atom. The van der Waals surface area contributed by atoms with Crippen LogP contribution < -0.4 is 9.47 Å². The molecule has 0 bridgehead atoms. The number of hydrogen-bond acceptors (Lipinski definition) is 4. The summed E-state index contributed by atoms with van der Waals surface area (Å²) >= 11 is 0. The lowest BCUT2D eigenvalue weighted by atomic mass is 9.88. The minimum Gasteiger partial charge on any atom is -0.507 e. The molecular formula is C24H32O5. The number of benzene rings is 2. The van der Waals surface area contributed by atoms with E-state index in [-0.39, 0.29) is 0 Å². The lowest BCUT2D eigenvalue weighted by Gasteiger charge is -2.18. The fourth-order valence-electron chi connectivity index (χ4n) is 3.02. The first kappa shape index (κ1) is 22.6. The van der Waals surface area contributed by atoms with E-state index in [1.165, 1.54) is 0 Å². The molecule has 0 saturated heterocycles. The van der Waals surface area contributed by atoms with E-state index >= 15 is 0 Å². The molecule has 0 aliphatic heterocycles. The van der Waals surface area contributed by atoms with Gasteiger partial charge in [-0.2, -0.15) is 0 Å². The highest BCUT2D eigenvalue weighted by Gasteiger charge is 2.26. The molecule has 29 heavy (non-hydrogen) atoms. The molecule has 0 unspecified atom stereocenters. The van der Waals surface area contributed by atoms with E-state index < -0.39 is 11.4 Å². The summed E-state index contributed by atoms with van der Waals surface area (Å²) in [4.78, 5) is 11.1. The molecule has 0 heterocycles. The highest BCUT2D eigenvalue weighted by molar-refractivity contribution is 5.73. The van der Waals surface area contributed by atoms with Gasteiger partial charge in [0.15, 0.2) is 0 Å². The third-order valence-corrected chi connectivity index (χ3v) is 5.37. The second kappa shape index (κ2) is 9.68. The Hall–Kier alpha value is -2.69. The zero-order chi connectivity index (χ0) is 21.6. The number of hydrogen-bond donors (Lipinski definition) is 2. The summed E-state index contributed by atoms with van der Waals surface area (Å²) in [7, 11) is 0. The van der Waals surface area contributed by atoms with Crippen molar-refractivity contribution in [3.63, 3.8) is 0 Å². The fraction of sp³-hybridized carbons (Fsp3) is 0.458. The Morgan fingerprint density at radius 1 is 1.00 bits per heavy atom. The first-order valence-electron chi connectivity index (χ1n) is 9.99. The van der Waals surface area contributed by atoms with Gasteiger partial charge in [0, 0.05) is 6.42 Å². The van der Waals surface area contributed by atoms with Gasteiger partial charge < -0.3 is 19.7 Å². The lowest BCUT2D eigenvalue weighted by molar-refractivity contribution is -0.147. The number of carboxylic acids is 1. The highest BCUT2D eigenvalue weighted by Crippen LogP contribution is 2.32. The van der Waals surface area contributed by atoms with Crippen molar-refractivity contribution in [2.24, 2.45) is 5.41 Å². The van der Waals surface area contributed by atoms with Crippen molar-refractivity contribution >= 4 is 5.97 Å². The molecule has 2 aromatic rings. The molecule has 5 heteroatoms. The molecule has 0 aromatic heterocycles. The van der Waals surface area contributed by atoms with E-state index in [2.05, 4.69) is 0 Å². The smallest absolute Gasteiger partial charge is 0.309 e. The van der Waals surface area contributed by atoms with E-state index in [1.807, 2.05) is 51.1 Å². The predicted octanol–water partition coefficient (Wildman–Crippen LogP) is 5.21. The van der Waals surface area contributed by atoms with Gasteiger partial charge >= 0.3 is 5.97 Å². The summed E-state index contributed by atoms with van der Waals surface area (Å²) in [5, 5.41) is 19.1. The zero-order valence-corrected chi connectivity index (χ0v) is 18.0. The van der Waals surface area contributed by atoms with E-state index in [0.717, 1.165) is 40.2 Å². The van der Waals surface area contributed by atoms with Crippen LogP contribution in [0.1, 0.15) is 48.9 Å². The molecule has 0 aliphatic rings. The number of rotatable bonds is 10. The van der Waals surface area contributed by atoms with Crippen LogP contribution in [0.25, 0.3) is 0 Å². The monoisotopic (exact) mass is 400 g/mol. The van der Waals surface area contributed by atoms with Crippen molar-refractivity contribution in [1.82, 2.24) is 0 Å². The molecule has 2 rings (SSSR count). The standard InChI is InChI=1S/C24H32O5/c1-16-15-21(17(2)18(3)22(16)25)29-14-11-19-7-9-20(10-8-19)28-13-6-12-24(4,5)23(26)27/h7-10,15,25H,6,11-14H2,1-5H3,(H,26,27). The molecular weight excluding hydrogens is 368 g/mol. The second-order valence-electron chi connectivity index (χ2n) is 8.17. The Kier molecular flexibility index (Phi) is 7.54. The van der Waals surface area contributed by atoms with Crippen molar-refractivity contribution in [2.45, 2.75) is 53.9 Å². The molecule has 0 spiro atoms. The average molecular weight is 401 g/mol. The molecule has 0 aliphatic carbocycles. The maximum absolute atomic E-state index is 11.1. The van der Waals surface area contributed by atoms with Crippen molar-refractivity contribution in [2.75, 3.05) is 13.2 Å². The normalized spacial score (nSPS) is 11.3. The van der Waals surface area contributed by atoms with Crippen LogP contribution in [0.5, 0.6) is 17.2 Å². The van der Waals surface area contributed by atoms with Gasteiger partial charge in [0.1, 0.15) is 17.2 Å². The summed E-state index contributed by atoms with van der Waals surface area (Å²) in [6.07, 6.45) is 2.04. The summed E-state index contributed by atoms with van der Waals surface area (Å²) in [5.41, 5.74) is 3.06. The molecule has 2 aromatic carbocycles. The highest BCUT2D eigenvalue weighted by atomic mass is 16.5. The second-order valence-corrected chi connectivity index (χ2v) is 8.17. The fourth-order valence-corrected chi connectivity index (χ4v) is 3.02. The quantitative estimate of drug-likeness (QED) is 0.536. The Labute approximate surface area is 173 Å². The van der Waals surface area contributed by atoms with Gasteiger partial charge in [0.25, 0.3) is 0 Å². The largest absolute Gasteiger partial charge is 0.507 e. The molecule has 0 fully saturated rings. The number of carbonyl (C=O) groups is 1. The van der Waals surface area contributed by atoms with Crippen LogP contribution in [-0.4, -0.2) is 29.4 Å². The van der Waals surface area contributed by atoms with Crippen LogP contribution >= 0.6 is 0 Å². The minimum absolute atomic E-state index is 0.331. The summed E-state index contributed by atoms with van der Waals surface area (Å²) in [6, 6.07) is 9.76. The van der Waals surface area contributed by atoms with Crippen molar-refractivity contribution < 1.29 is 24.5 Å². The van der Waals surface area contributed by atoms with Crippen molar-refractivity contribution in [1.29, 1.82) is 0 Å². The van der Waals surface area contributed by atoms with Crippen LogP contribution in [0, 0.1) is 26.2 Å². The SMILES string of the molecule is Cc1cc(OCCc2ccc(OCCCC(C)(C)C(=O)O)cc2)c(C)c(C)c1O. The average Bonchev–Trinajstić information content (AvgIpc) is 2.68. The van der Waals surface area contributed by atoms with Gasteiger partial charge in [-0.3, -0.25) is 4.79 Å². The van der Waals surface area contributed by atoms with Crippen LogP contribution in [0.4, 0.5) is 0 Å². The number of aryl methyl sites for hydroxylation is 1. The molecule has 0 radical (unpaired) electrons. The van der Waals surface area contributed by atoms with E-state index in [4.69, 9.17) is 14.6 Å². The van der Waals surface area contributed by atoms with Gasteiger partial charge in [-0.15, -0.1) is 0 Å². The molecule has 2 N–H and O–H groups in total.